The van der Waals surface area contributed by atoms with Crippen LogP contribution in [0.25, 0.3) is 0 Å². The smallest absolute Gasteiger partial charge is 0.289 e. The van der Waals surface area contributed by atoms with Gasteiger partial charge in [-0.15, -0.1) is 5.10 Å². The van der Waals surface area contributed by atoms with Gasteiger partial charge >= 0.3 is 0 Å². The number of unbranched alkanes of at least 4 members (excludes halogenated alkanes) is 1. The third-order valence-electron chi connectivity index (χ3n) is 4.91. The minimum absolute atomic E-state index is 0.0354. The van der Waals surface area contributed by atoms with Crippen molar-refractivity contribution in [3.05, 3.63) is 30.0 Å². The fourth-order valence-electron chi connectivity index (χ4n) is 3.45. The zero-order valence-electron chi connectivity index (χ0n) is 15.8. The Labute approximate surface area is 154 Å². The van der Waals surface area contributed by atoms with E-state index < -0.39 is 0 Å². The average molecular weight is 360 g/mol. The Morgan fingerprint density at radius 3 is 2.65 bits per heavy atom. The van der Waals surface area contributed by atoms with Crippen LogP contribution in [0.2, 0.25) is 0 Å². The zero-order chi connectivity index (χ0) is 18.5. The molecule has 3 heterocycles. The predicted octanol–water partition coefficient (Wildman–Crippen LogP) is 2.54. The summed E-state index contributed by atoms with van der Waals surface area (Å²) < 4.78 is 7.16. The molecule has 0 unspecified atom stereocenters. The number of piperazine rings is 1. The molecule has 2 aromatic heterocycles. The third kappa shape index (κ3) is 3.95. The SMILES string of the molecule is CCCC[C@@H](c1nnnn1C(C)C)N1CCN(C(=O)c2ccco2)CC1. The lowest BCUT2D eigenvalue weighted by Gasteiger charge is -2.38. The van der Waals surface area contributed by atoms with Crippen molar-refractivity contribution in [1.82, 2.24) is 30.0 Å². The standard InChI is InChI=1S/C18H28N6O2/c1-4-5-7-15(17-19-20-21-24(17)14(2)3)22-9-11-23(12-10-22)18(25)16-8-6-13-26-16/h6,8,13-15H,4-5,7,9-12H2,1-3H3/t15-/m0/s1. The molecule has 8 nitrogen and oxygen atoms in total. The van der Waals surface area contributed by atoms with E-state index in [2.05, 4.69) is 41.2 Å². The second-order valence-electron chi connectivity index (χ2n) is 7.04. The van der Waals surface area contributed by atoms with Gasteiger partial charge < -0.3 is 9.32 Å². The van der Waals surface area contributed by atoms with E-state index in [0.29, 0.717) is 18.8 Å². The summed E-state index contributed by atoms with van der Waals surface area (Å²) in [6.45, 7) is 9.38. The van der Waals surface area contributed by atoms with E-state index in [1.54, 1.807) is 12.1 Å². The van der Waals surface area contributed by atoms with Crippen LogP contribution in [0.5, 0.6) is 0 Å². The molecule has 1 saturated heterocycles. The van der Waals surface area contributed by atoms with Crippen LogP contribution in [0.1, 0.15) is 68.5 Å². The summed E-state index contributed by atoms with van der Waals surface area (Å²) in [5.41, 5.74) is 0. The van der Waals surface area contributed by atoms with Crippen molar-refractivity contribution in [3.63, 3.8) is 0 Å². The normalized spacial score (nSPS) is 17.0. The lowest BCUT2D eigenvalue weighted by atomic mass is 10.1. The summed E-state index contributed by atoms with van der Waals surface area (Å²) in [4.78, 5) is 16.7. The van der Waals surface area contributed by atoms with Crippen LogP contribution < -0.4 is 0 Å². The molecule has 1 aliphatic rings. The van der Waals surface area contributed by atoms with Gasteiger partial charge in [0.1, 0.15) is 0 Å². The van der Waals surface area contributed by atoms with E-state index in [4.69, 9.17) is 4.42 Å². The Balaban J connectivity index is 1.69. The molecule has 0 radical (unpaired) electrons. The van der Waals surface area contributed by atoms with Crippen LogP contribution in [-0.4, -0.2) is 62.1 Å². The van der Waals surface area contributed by atoms with Crippen LogP contribution in [0.15, 0.2) is 22.8 Å². The third-order valence-corrected chi connectivity index (χ3v) is 4.91. The summed E-state index contributed by atoms with van der Waals surface area (Å²) in [6.07, 6.45) is 4.82. The first-order valence-corrected chi connectivity index (χ1v) is 9.46. The van der Waals surface area contributed by atoms with Gasteiger partial charge in [0.25, 0.3) is 5.91 Å². The number of nitrogens with zero attached hydrogens (tertiary/aromatic N) is 6. The zero-order valence-corrected chi connectivity index (χ0v) is 15.8. The van der Waals surface area contributed by atoms with E-state index in [1.807, 2.05) is 9.58 Å². The molecule has 0 bridgehead atoms. The molecule has 142 valence electrons. The van der Waals surface area contributed by atoms with Crippen molar-refractivity contribution in [1.29, 1.82) is 0 Å². The second-order valence-corrected chi connectivity index (χ2v) is 7.04. The predicted molar refractivity (Wildman–Crippen MR) is 96.7 cm³/mol. The number of hydrogen-bond acceptors (Lipinski definition) is 6. The first-order valence-electron chi connectivity index (χ1n) is 9.46. The van der Waals surface area contributed by atoms with Gasteiger partial charge in [-0.1, -0.05) is 19.8 Å². The van der Waals surface area contributed by atoms with Crippen molar-refractivity contribution < 1.29 is 9.21 Å². The largest absolute Gasteiger partial charge is 0.459 e. The van der Waals surface area contributed by atoms with Crippen LogP contribution in [-0.2, 0) is 0 Å². The molecule has 0 saturated carbocycles. The molecule has 0 spiro atoms. The Bertz CT molecular complexity index is 688. The molecule has 0 N–H and O–H groups in total. The monoisotopic (exact) mass is 360 g/mol. The number of hydrogen-bond donors (Lipinski definition) is 0. The van der Waals surface area contributed by atoms with E-state index in [1.165, 1.54) is 6.26 Å². The Hall–Kier alpha value is -2.22. The Morgan fingerprint density at radius 1 is 1.27 bits per heavy atom. The van der Waals surface area contributed by atoms with Gasteiger partial charge in [0.2, 0.25) is 0 Å². The first kappa shape index (κ1) is 18.6. The number of aromatic nitrogens is 4. The van der Waals surface area contributed by atoms with Gasteiger partial charge in [0.05, 0.1) is 18.3 Å². The molecule has 26 heavy (non-hydrogen) atoms. The van der Waals surface area contributed by atoms with E-state index >= 15 is 0 Å². The molecule has 0 aromatic carbocycles. The van der Waals surface area contributed by atoms with Crippen LogP contribution >= 0.6 is 0 Å². The summed E-state index contributed by atoms with van der Waals surface area (Å²) in [7, 11) is 0. The first-order chi connectivity index (χ1) is 12.6. The van der Waals surface area contributed by atoms with Crippen LogP contribution in [0.3, 0.4) is 0 Å². The fourth-order valence-corrected chi connectivity index (χ4v) is 3.45. The van der Waals surface area contributed by atoms with Crippen molar-refractivity contribution in [2.75, 3.05) is 26.2 Å². The quantitative estimate of drug-likeness (QED) is 0.755. The highest BCUT2D eigenvalue weighted by Gasteiger charge is 2.31. The molecule has 8 heteroatoms. The lowest BCUT2D eigenvalue weighted by molar-refractivity contribution is 0.0511. The Morgan fingerprint density at radius 2 is 2.04 bits per heavy atom. The van der Waals surface area contributed by atoms with Gasteiger partial charge in [0, 0.05) is 26.2 Å². The molecule has 1 atom stereocenters. The van der Waals surface area contributed by atoms with Gasteiger partial charge in [0.15, 0.2) is 11.6 Å². The maximum atomic E-state index is 12.5. The number of tetrazole rings is 1. The molecule has 2 aromatic rings. The fraction of sp³-hybridized carbons (Fsp3) is 0.667. The summed E-state index contributed by atoms with van der Waals surface area (Å²) in [6, 6.07) is 3.88. The number of carbonyl (C=O) groups excluding carboxylic acids is 1. The van der Waals surface area contributed by atoms with Crippen molar-refractivity contribution >= 4 is 5.91 Å². The lowest BCUT2D eigenvalue weighted by Crippen LogP contribution is -2.50. The van der Waals surface area contributed by atoms with E-state index in [-0.39, 0.29) is 18.0 Å². The summed E-state index contributed by atoms with van der Waals surface area (Å²) in [5, 5.41) is 12.4. The van der Waals surface area contributed by atoms with E-state index in [0.717, 1.165) is 38.2 Å². The highest BCUT2D eigenvalue weighted by molar-refractivity contribution is 5.91. The molecular formula is C18H28N6O2. The van der Waals surface area contributed by atoms with Gasteiger partial charge in [-0.2, -0.15) is 0 Å². The number of furan rings is 1. The topological polar surface area (TPSA) is 80.3 Å². The van der Waals surface area contributed by atoms with Crippen molar-refractivity contribution in [3.8, 4) is 0 Å². The molecule has 1 amide bonds. The molecule has 1 fully saturated rings. The average Bonchev–Trinajstić information content (AvgIpc) is 3.34. The molecule has 1 aliphatic heterocycles. The van der Waals surface area contributed by atoms with Crippen LogP contribution in [0, 0.1) is 0 Å². The molecular weight excluding hydrogens is 332 g/mol. The van der Waals surface area contributed by atoms with Gasteiger partial charge in [-0.25, -0.2) is 4.68 Å². The number of amides is 1. The molecule has 0 aliphatic carbocycles. The number of rotatable bonds is 7. The summed E-state index contributed by atoms with van der Waals surface area (Å²) >= 11 is 0. The highest BCUT2D eigenvalue weighted by atomic mass is 16.3. The maximum Gasteiger partial charge on any atom is 0.289 e. The van der Waals surface area contributed by atoms with Gasteiger partial charge in [-0.3, -0.25) is 9.69 Å². The maximum absolute atomic E-state index is 12.5. The van der Waals surface area contributed by atoms with E-state index in [9.17, 15) is 4.79 Å². The Kier molecular flexibility index (Phi) is 6.03. The minimum atomic E-state index is -0.0354. The number of carbonyl (C=O) groups is 1. The summed E-state index contributed by atoms with van der Waals surface area (Å²) in [5.74, 6) is 1.30. The second kappa shape index (κ2) is 8.44. The molecule has 3 rings (SSSR count). The van der Waals surface area contributed by atoms with Crippen molar-refractivity contribution in [2.45, 2.75) is 52.1 Å². The van der Waals surface area contributed by atoms with Crippen molar-refractivity contribution in [2.24, 2.45) is 0 Å². The minimum Gasteiger partial charge on any atom is -0.459 e. The van der Waals surface area contributed by atoms with Crippen LogP contribution in [0.4, 0.5) is 0 Å². The van der Waals surface area contributed by atoms with Gasteiger partial charge in [-0.05, 0) is 42.8 Å². The highest BCUT2D eigenvalue weighted by Crippen LogP contribution is 2.27.